The summed E-state index contributed by atoms with van der Waals surface area (Å²) in [6.45, 7) is 0. The van der Waals surface area contributed by atoms with E-state index in [1.807, 2.05) is 0 Å². The van der Waals surface area contributed by atoms with Gasteiger partial charge in [0.1, 0.15) is 5.69 Å². The van der Waals surface area contributed by atoms with Crippen LogP contribution in [0, 0.1) is 5.92 Å². The maximum atomic E-state index is 12.2. The van der Waals surface area contributed by atoms with E-state index < -0.39 is 5.91 Å². The molecule has 108 valence electrons. The number of anilines is 1. The number of nitrogens with one attached hydrogen (secondary N) is 3. The van der Waals surface area contributed by atoms with Crippen molar-refractivity contribution in [2.45, 2.75) is 44.2 Å². The summed E-state index contributed by atoms with van der Waals surface area (Å²) < 4.78 is 0. The zero-order valence-electron chi connectivity index (χ0n) is 11.3. The predicted octanol–water partition coefficient (Wildman–Crippen LogP) is 0.973. The summed E-state index contributed by atoms with van der Waals surface area (Å²) in [5, 5.41) is 6.26. The first-order chi connectivity index (χ1) is 9.63. The normalized spacial score (nSPS) is 28.9. The van der Waals surface area contributed by atoms with Crippen molar-refractivity contribution in [3.05, 3.63) is 18.0 Å². The molecule has 3 atom stereocenters. The van der Waals surface area contributed by atoms with E-state index >= 15 is 0 Å². The number of nitrogens with two attached hydrogens (primary N) is 1. The molecule has 6 heteroatoms. The molecule has 1 saturated carbocycles. The number of carbonyl (C=O) groups is 2. The standard InChI is InChI=1S/C14H20N4O2/c15-13(19)11-6-9(7-16-11)17-14(20)12-5-8-3-1-2-4-10(8)18-12/h6-8,10,12,16,18H,1-5H2,(H2,15,19)(H,17,20). The highest BCUT2D eigenvalue weighted by Gasteiger charge is 2.38. The predicted molar refractivity (Wildman–Crippen MR) is 75.2 cm³/mol. The SMILES string of the molecule is NC(=O)c1cc(NC(=O)C2CC3CCCCC3N2)c[nH]1. The lowest BCUT2D eigenvalue weighted by Gasteiger charge is -2.24. The van der Waals surface area contributed by atoms with Gasteiger partial charge in [-0.1, -0.05) is 12.8 Å². The third-order valence-corrected chi connectivity index (χ3v) is 4.40. The second-order valence-electron chi connectivity index (χ2n) is 5.76. The molecule has 6 nitrogen and oxygen atoms in total. The first-order valence-corrected chi connectivity index (χ1v) is 7.18. The molecule has 1 saturated heterocycles. The molecule has 0 radical (unpaired) electrons. The average Bonchev–Trinajstić information content (AvgIpc) is 3.04. The molecule has 0 aromatic carbocycles. The van der Waals surface area contributed by atoms with E-state index in [-0.39, 0.29) is 11.9 Å². The number of aromatic amines is 1. The number of amides is 2. The topological polar surface area (TPSA) is 100 Å². The lowest BCUT2D eigenvalue weighted by Crippen LogP contribution is -2.39. The largest absolute Gasteiger partial charge is 0.364 e. The van der Waals surface area contributed by atoms with Crippen molar-refractivity contribution in [2.75, 3.05) is 5.32 Å². The lowest BCUT2D eigenvalue weighted by molar-refractivity contribution is -0.117. The van der Waals surface area contributed by atoms with Gasteiger partial charge in [0, 0.05) is 12.2 Å². The first kappa shape index (κ1) is 13.2. The van der Waals surface area contributed by atoms with Crippen LogP contribution in [0.15, 0.2) is 12.3 Å². The van der Waals surface area contributed by atoms with Crippen molar-refractivity contribution >= 4 is 17.5 Å². The molecule has 2 aliphatic rings. The van der Waals surface area contributed by atoms with E-state index in [0.29, 0.717) is 23.3 Å². The fourth-order valence-electron chi connectivity index (χ4n) is 3.36. The molecule has 20 heavy (non-hydrogen) atoms. The van der Waals surface area contributed by atoms with Crippen molar-refractivity contribution in [2.24, 2.45) is 11.7 Å². The van der Waals surface area contributed by atoms with E-state index in [2.05, 4.69) is 15.6 Å². The summed E-state index contributed by atoms with van der Waals surface area (Å²) in [6, 6.07) is 1.92. The van der Waals surface area contributed by atoms with Crippen molar-refractivity contribution in [3.63, 3.8) is 0 Å². The van der Waals surface area contributed by atoms with Crippen LogP contribution in [0.25, 0.3) is 0 Å². The molecular formula is C14H20N4O2. The lowest BCUT2D eigenvalue weighted by atomic mass is 9.85. The highest BCUT2D eigenvalue weighted by atomic mass is 16.2. The molecule has 1 aromatic heterocycles. The Labute approximate surface area is 117 Å². The minimum atomic E-state index is -0.532. The summed E-state index contributed by atoms with van der Waals surface area (Å²) in [5.41, 5.74) is 6.05. The zero-order valence-corrected chi connectivity index (χ0v) is 11.3. The Hall–Kier alpha value is -1.82. The third kappa shape index (κ3) is 2.56. The number of hydrogen-bond donors (Lipinski definition) is 4. The Morgan fingerprint density at radius 3 is 2.80 bits per heavy atom. The van der Waals surface area contributed by atoms with Crippen LogP contribution in [0.2, 0.25) is 0 Å². The van der Waals surface area contributed by atoms with Crippen molar-refractivity contribution < 1.29 is 9.59 Å². The van der Waals surface area contributed by atoms with E-state index in [1.54, 1.807) is 12.3 Å². The molecule has 0 spiro atoms. The molecule has 5 N–H and O–H groups in total. The van der Waals surface area contributed by atoms with E-state index in [4.69, 9.17) is 5.73 Å². The van der Waals surface area contributed by atoms with Gasteiger partial charge in [0.15, 0.2) is 0 Å². The van der Waals surface area contributed by atoms with Gasteiger partial charge in [-0.3, -0.25) is 9.59 Å². The summed E-state index contributed by atoms with van der Waals surface area (Å²) in [7, 11) is 0. The molecule has 1 aliphatic heterocycles. The van der Waals surface area contributed by atoms with E-state index in [0.717, 1.165) is 6.42 Å². The molecule has 1 aromatic rings. The average molecular weight is 276 g/mol. The number of fused-ring (bicyclic) bond motifs is 1. The minimum absolute atomic E-state index is 0.0329. The van der Waals surface area contributed by atoms with Gasteiger partial charge in [-0.25, -0.2) is 0 Å². The maximum Gasteiger partial charge on any atom is 0.265 e. The quantitative estimate of drug-likeness (QED) is 0.662. The molecule has 3 unspecified atom stereocenters. The van der Waals surface area contributed by atoms with Gasteiger partial charge in [0.25, 0.3) is 5.91 Å². The molecule has 3 rings (SSSR count). The van der Waals surface area contributed by atoms with Gasteiger partial charge in [-0.05, 0) is 31.2 Å². The van der Waals surface area contributed by atoms with Crippen LogP contribution in [0.4, 0.5) is 5.69 Å². The number of primary amides is 1. The van der Waals surface area contributed by atoms with Crippen molar-refractivity contribution in [1.29, 1.82) is 0 Å². The smallest absolute Gasteiger partial charge is 0.265 e. The first-order valence-electron chi connectivity index (χ1n) is 7.18. The van der Waals surface area contributed by atoms with Crippen LogP contribution in [-0.2, 0) is 4.79 Å². The Morgan fingerprint density at radius 2 is 2.10 bits per heavy atom. The molecular weight excluding hydrogens is 256 g/mol. The Balaban J connectivity index is 1.60. The Morgan fingerprint density at radius 1 is 1.30 bits per heavy atom. The Kier molecular flexibility index (Phi) is 3.48. The summed E-state index contributed by atoms with van der Waals surface area (Å²) >= 11 is 0. The van der Waals surface area contributed by atoms with E-state index in [9.17, 15) is 9.59 Å². The second kappa shape index (κ2) is 5.28. The summed E-state index contributed by atoms with van der Waals surface area (Å²) in [4.78, 5) is 26.0. The maximum absolute atomic E-state index is 12.2. The number of hydrogen-bond acceptors (Lipinski definition) is 3. The monoisotopic (exact) mass is 276 g/mol. The van der Waals surface area contributed by atoms with Gasteiger partial charge in [0.05, 0.1) is 11.7 Å². The summed E-state index contributed by atoms with van der Waals surface area (Å²) in [6.07, 6.45) is 7.41. The highest BCUT2D eigenvalue weighted by Crippen LogP contribution is 2.33. The van der Waals surface area contributed by atoms with Crippen LogP contribution in [0.5, 0.6) is 0 Å². The number of carbonyl (C=O) groups excluding carboxylic acids is 2. The number of aromatic nitrogens is 1. The van der Waals surface area contributed by atoms with Crippen molar-refractivity contribution in [1.82, 2.24) is 10.3 Å². The second-order valence-corrected chi connectivity index (χ2v) is 5.76. The zero-order chi connectivity index (χ0) is 14.1. The fraction of sp³-hybridized carbons (Fsp3) is 0.571. The molecule has 0 bridgehead atoms. The van der Waals surface area contributed by atoms with Gasteiger partial charge in [0.2, 0.25) is 5.91 Å². The Bertz CT molecular complexity index is 511. The molecule has 2 heterocycles. The fourth-order valence-corrected chi connectivity index (χ4v) is 3.36. The number of rotatable bonds is 3. The van der Waals surface area contributed by atoms with Crippen LogP contribution in [-0.4, -0.2) is 28.9 Å². The molecule has 2 fully saturated rings. The number of H-pyrrole nitrogens is 1. The van der Waals surface area contributed by atoms with Crippen molar-refractivity contribution in [3.8, 4) is 0 Å². The van der Waals surface area contributed by atoms with Gasteiger partial charge in [-0.2, -0.15) is 0 Å². The van der Waals surface area contributed by atoms with Crippen LogP contribution in [0.1, 0.15) is 42.6 Å². The van der Waals surface area contributed by atoms with Gasteiger partial charge < -0.3 is 21.4 Å². The summed E-state index contributed by atoms with van der Waals surface area (Å²) in [5.74, 6) is 0.0665. The van der Waals surface area contributed by atoms with Crippen LogP contribution < -0.4 is 16.4 Å². The minimum Gasteiger partial charge on any atom is -0.364 e. The highest BCUT2D eigenvalue weighted by molar-refractivity contribution is 5.97. The molecule has 1 aliphatic carbocycles. The van der Waals surface area contributed by atoms with Gasteiger partial charge >= 0.3 is 0 Å². The van der Waals surface area contributed by atoms with Gasteiger partial charge in [-0.15, -0.1) is 0 Å². The van der Waals surface area contributed by atoms with Crippen LogP contribution >= 0.6 is 0 Å². The van der Waals surface area contributed by atoms with E-state index in [1.165, 1.54) is 25.7 Å². The third-order valence-electron chi connectivity index (χ3n) is 4.40. The molecule has 2 amide bonds. The van der Waals surface area contributed by atoms with Crippen LogP contribution in [0.3, 0.4) is 0 Å².